The van der Waals surface area contributed by atoms with E-state index < -0.39 is 5.41 Å². The highest BCUT2D eigenvalue weighted by Gasteiger charge is 2.49. The molecule has 62 heavy (non-hydrogen) atoms. The minimum Gasteiger partial charge on any atom is -0.228 e. The van der Waals surface area contributed by atoms with Gasteiger partial charge in [-0.2, -0.15) is 0 Å². The molecule has 2 aliphatic rings. The second-order valence-electron chi connectivity index (χ2n) is 16.4. The Hall–Kier alpha value is -7.72. The Morgan fingerprint density at radius 3 is 1.56 bits per heavy atom. The number of nitrogens with zero attached hydrogens (tertiary/aromatic N) is 2. The fourth-order valence-electron chi connectivity index (χ4n) is 10.5. The Balaban J connectivity index is 1.09. The SMILES string of the molecule is c1ccc(-c2cccc(-c3nc(-c4ccc5c(c4)-c4ccccc4-c4ccccc4C54c5ccccc5-c5ccccc54)cc(-c4cccc5c4sc4ccccc45)n3)c2)cc1. The Kier molecular flexibility index (Phi) is 7.72. The Bertz CT molecular complexity index is 3550. The zero-order valence-electron chi connectivity index (χ0n) is 33.6. The van der Waals surface area contributed by atoms with Crippen molar-refractivity contribution in [3.05, 3.63) is 241 Å². The van der Waals surface area contributed by atoms with Crippen LogP contribution < -0.4 is 0 Å². The summed E-state index contributed by atoms with van der Waals surface area (Å²) in [5.74, 6) is 0.700. The van der Waals surface area contributed by atoms with Crippen LogP contribution in [0.2, 0.25) is 0 Å². The third kappa shape index (κ3) is 5.09. The summed E-state index contributed by atoms with van der Waals surface area (Å²) in [6.45, 7) is 0. The quantitative estimate of drug-likeness (QED) is 0.177. The first-order valence-electron chi connectivity index (χ1n) is 21.2. The lowest BCUT2D eigenvalue weighted by molar-refractivity contribution is 0.775. The van der Waals surface area contributed by atoms with E-state index in [9.17, 15) is 0 Å². The lowest BCUT2D eigenvalue weighted by Gasteiger charge is -2.35. The standard InChI is InChI=1S/C59H36N2S/c1-2-16-37(17-3-1)38-18-14-19-40(34-38)58-60-54(36-55(61-58)48-27-15-26-47-46-25-9-13-31-56(46)62-57(47)48)39-32-33-53-49(35-39)42-21-5-4-20-41(42)43-22-6-10-28-50(43)59(53)51-29-11-7-23-44(51)45-24-8-12-30-52(45)59/h1-36H. The Morgan fingerprint density at radius 1 is 0.306 bits per heavy atom. The molecule has 9 aromatic carbocycles. The van der Waals surface area contributed by atoms with Crippen LogP contribution in [-0.2, 0) is 5.41 Å². The summed E-state index contributed by atoms with van der Waals surface area (Å²) in [4.78, 5) is 10.9. The van der Waals surface area contributed by atoms with Gasteiger partial charge < -0.3 is 0 Å². The van der Waals surface area contributed by atoms with Crippen LogP contribution in [0.3, 0.4) is 0 Å². The van der Waals surface area contributed by atoms with Crippen molar-refractivity contribution in [3.63, 3.8) is 0 Å². The van der Waals surface area contributed by atoms with Crippen LogP contribution in [0.15, 0.2) is 218 Å². The van der Waals surface area contributed by atoms with Crippen LogP contribution in [0.1, 0.15) is 22.3 Å². The van der Waals surface area contributed by atoms with E-state index in [1.807, 2.05) is 11.3 Å². The highest BCUT2D eigenvalue weighted by atomic mass is 32.1. The number of thiophene rings is 1. The maximum Gasteiger partial charge on any atom is 0.160 e. The highest BCUT2D eigenvalue weighted by Crippen LogP contribution is 2.61. The van der Waals surface area contributed by atoms with Crippen LogP contribution in [0.4, 0.5) is 0 Å². The van der Waals surface area contributed by atoms with Crippen molar-refractivity contribution < 1.29 is 0 Å². The van der Waals surface area contributed by atoms with Crippen molar-refractivity contribution in [1.82, 2.24) is 9.97 Å². The number of aromatic nitrogens is 2. The molecule has 1 spiro atoms. The number of fused-ring (bicyclic) bond motifs is 15. The first kappa shape index (κ1) is 35.1. The van der Waals surface area contributed by atoms with Crippen molar-refractivity contribution in [2.75, 3.05) is 0 Å². The maximum absolute atomic E-state index is 5.48. The fourth-order valence-corrected chi connectivity index (χ4v) is 11.7. The highest BCUT2D eigenvalue weighted by molar-refractivity contribution is 7.26. The summed E-state index contributed by atoms with van der Waals surface area (Å²) >= 11 is 1.83. The van der Waals surface area contributed by atoms with Gasteiger partial charge in [-0.05, 0) is 91.0 Å². The summed E-state index contributed by atoms with van der Waals surface area (Å²) < 4.78 is 2.51. The zero-order chi connectivity index (χ0) is 40.8. The van der Waals surface area contributed by atoms with Gasteiger partial charge in [0.15, 0.2) is 5.82 Å². The maximum atomic E-state index is 5.48. The number of rotatable bonds is 4. The molecule has 0 atom stereocenters. The van der Waals surface area contributed by atoms with Gasteiger partial charge in [0.25, 0.3) is 0 Å². The lowest BCUT2D eigenvalue weighted by Crippen LogP contribution is -2.29. The molecule has 0 radical (unpaired) electrons. The smallest absolute Gasteiger partial charge is 0.160 e. The van der Waals surface area contributed by atoms with Gasteiger partial charge in [-0.1, -0.05) is 194 Å². The van der Waals surface area contributed by atoms with Gasteiger partial charge in [0.05, 0.1) is 16.8 Å². The molecule has 0 saturated carbocycles. The van der Waals surface area contributed by atoms with Crippen LogP contribution in [0, 0.1) is 0 Å². The van der Waals surface area contributed by atoms with Crippen molar-refractivity contribution >= 4 is 31.5 Å². The zero-order valence-corrected chi connectivity index (χ0v) is 34.4. The van der Waals surface area contributed by atoms with Crippen molar-refractivity contribution in [2.24, 2.45) is 0 Å². The largest absolute Gasteiger partial charge is 0.228 e. The third-order valence-corrected chi connectivity index (χ3v) is 14.4. The monoisotopic (exact) mass is 804 g/mol. The molecule has 11 aromatic rings. The summed E-state index contributed by atoms with van der Waals surface area (Å²) in [6.07, 6.45) is 0. The molecule has 0 amide bonds. The molecular weight excluding hydrogens is 769 g/mol. The van der Waals surface area contributed by atoms with Gasteiger partial charge in [0.2, 0.25) is 0 Å². The van der Waals surface area contributed by atoms with Crippen LogP contribution in [0.25, 0.3) is 98.6 Å². The van der Waals surface area contributed by atoms with E-state index in [0.29, 0.717) is 5.82 Å². The molecule has 3 heteroatoms. The number of hydrogen-bond donors (Lipinski definition) is 0. The van der Waals surface area contributed by atoms with Gasteiger partial charge in [-0.3, -0.25) is 0 Å². The van der Waals surface area contributed by atoms with Gasteiger partial charge in [0, 0.05) is 36.9 Å². The van der Waals surface area contributed by atoms with E-state index >= 15 is 0 Å². The van der Waals surface area contributed by atoms with Gasteiger partial charge >= 0.3 is 0 Å². The second kappa shape index (κ2) is 13.7. The predicted octanol–water partition coefficient (Wildman–Crippen LogP) is 15.5. The van der Waals surface area contributed by atoms with Gasteiger partial charge in [-0.15, -0.1) is 11.3 Å². The first-order valence-corrected chi connectivity index (χ1v) is 22.0. The lowest BCUT2D eigenvalue weighted by atomic mass is 9.66. The van der Waals surface area contributed by atoms with Crippen LogP contribution >= 0.6 is 11.3 Å². The van der Waals surface area contributed by atoms with Crippen molar-refractivity contribution in [3.8, 4) is 78.4 Å². The topological polar surface area (TPSA) is 25.8 Å². The van der Waals surface area contributed by atoms with Crippen molar-refractivity contribution in [2.45, 2.75) is 5.41 Å². The average Bonchev–Trinajstić information content (AvgIpc) is 3.85. The summed E-state index contributed by atoms with van der Waals surface area (Å²) in [5.41, 5.74) is 19.4. The summed E-state index contributed by atoms with van der Waals surface area (Å²) in [5, 5.41) is 2.52. The molecule has 0 N–H and O–H groups in total. The van der Waals surface area contributed by atoms with Gasteiger partial charge in [0.1, 0.15) is 0 Å². The Labute approximate surface area is 364 Å². The minimum atomic E-state index is -0.534. The summed E-state index contributed by atoms with van der Waals surface area (Å²) in [6, 6.07) is 79.9. The number of benzene rings is 9. The predicted molar refractivity (Wildman–Crippen MR) is 258 cm³/mol. The molecule has 0 fully saturated rings. The molecule has 13 rings (SSSR count). The molecule has 0 aliphatic heterocycles. The molecule has 2 aromatic heterocycles. The van der Waals surface area contributed by atoms with Gasteiger partial charge in [-0.25, -0.2) is 9.97 Å². The molecule has 288 valence electrons. The van der Waals surface area contributed by atoms with Crippen molar-refractivity contribution in [1.29, 1.82) is 0 Å². The summed E-state index contributed by atoms with van der Waals surface area (Å²) in [7, 11) is 0. The fraction of sp³-hybridized carbons (Fsp3) is 0.0169. The molecule has 0 saturated heterocycles. The van der Waals surface area contributed by atoms with E-state index in [1.165, 1.54) is 75.8 Å². The second-order valence-corrected chi connectivity index (χ2v) is 17.4. The molecule has 2 nitrogen and oxygen atoms in total. The minimum absolute atomic E-state index is 0.534. The van der Waals surface area contributed by atoms with E-state index in [0.717, 1.165) is 39.2 Å². The van der Waals surface area contributed by atoms with E-state index in [2.05, 4.69) is 218 Å². The van der Waals surface area contributed by atoms with Crippen LogP contribution in [-0.4, -0.2) is 9.97 Å². The van der Waals surface area contributed by atoms with E-state index in [4.69, 9.17) is 9.97 Å². The number of hydrogen-bond acceptors (Lipinski definition) is 3. The van der Waals surface area contributed by atoms with E-state index in [1.54, 1.807) is 0 Å². The molecule has 2 aliphatic carbocycles. The third-order valence-electron chi connectivity index (χ3n) is 13.1. The molecule has 2 heterocycles. The molecule has 0 bridgehead atoms. The first-order chi connectivity index (χ1) is 30.7. The molecular formula is C59H36N2S. The normalized spacial score (nSPS) is 13.0. The van der Waals surface area contributed by atoms with Crippen LogP contribution in [0.5, 0.6) is 0 Å². The Morgan fingerprint density at radius 2 is 0.823 bits per heavy atom. The molecule has 0 unspecified atom stereocenters. The average molecular weight is 805 g/mol. The van der Waals surface area contributed by atoms with E-state index in [-0.39, 0.29) is 0 Å².